The first-order chi connectivity index (χ1) is 8.26. The van der Waals surface area contributed by atoms with Gasteiger partial charge in [0.1, 0.15) is 11.5 Å². The largest absolute Gasteiger partial charge is 0.497 e. The molecule has 4 nitrogen and oxygen atoms in total. The van der Waals surface area contributed by atoms with Crippen LogP contribution in [0.15, 0.2) is 12.1 Å². The highest BCUT2D eigenvalue weighted by atomic mass is 16.5. The fourth-order valence-corrected chi connectivity index (χ4v) is 1.82. The van der Waals surface area contributed by atoms with E-state index < -0.39 is 0 Å². The van der Waals surface area contributed by atoms with Crippen molar-refractivity contribution in [3.8, 4) is 11.5 Å². The monoisotopic (exact) mass is 240 g/mol. The zero-order valence-corrected chi connectivity index (χ0v) is 10.7. The molecule has 1 aromatic rings. The molecule has 0 spiro atoms. The summed E-state index contributed by atoms with van der Waals surface area (Å²) in [7, 11) is 4.92. The Morgan fingerprint density at radius 1 is 1.06 bits per heavy atom. The summed E-state index contributed by atoms with van der Waals surface area (Å²) in [6.07, 6.45) is 1.46. The standard InChI is InChI=1S/C13H20O4/c1-15-9-11-8-12(16-2)7-10(5-4-6-14)13(11)17-3/h7-8,14H,4-6,9H2,1-3H3. The maximum Gasteiger partial charge on any atom is 0.127 e. The van der Waals surface area contributed by atoms with Crippen LogP contribution in [0.4, 0.5) is 0 Å². The van der Waals surface area contributed by atoms with Crippen LogP contribution in [0.5, 0.6) is 11.5 Å². The molecule has 0 aliphatic heterocycles. The maximum absolute atomic E-state index is 8.89. The average Bonchev–Trinajstić information content (AvgIpc) is 2.36. The normalized spacial score (nSPS) is 10.4. The van der Waals surface area contributed by atoms with Crippen LogP contribution in [0.2, 0.25) is 0 Å². The van der Waals surface area contributed by atoms with Gasteiger partial charge in [-0.15, -0.1) is 0 Å². The molecule has 0 aliphatic carbocycles. The van der Waals surface area contributed by atoms with Crippen molar-refractivity contribution in [2.24, 2.45) is 0 Å². The Bertz CT molecular complexity index is 350. The zero-order valence-electron chi connectivity index (χ0n) is 10.7. The Balaban J connectivity index is 3.09. The zero-order chi connectivity index (χ0) is 12.7. The van der Waals surface area contributed by atoms with Gasteiger partial charge in [-0.3, -0.25) is 0 Å². The van der Waals surface area contributed by atoms with Crippen molar-refractivity contribution < 1.29 is 19.3 Å². The SMILES string of the molecule is COCc1cc(OC)cc(CCCO)c1OC. The minimum atomic E-state index is 0.167. The first-order valence-corrected chi connectivity index (χ1v) is 5.60. The van der Waals surface area contributed by atoms with Gasteiger partial charge >= 0.3 is 0 Å². The molecule has 0 bridgehead atoms. The summed E-state index contributed by atoms with van der Waals surface area (Å²) in [4.78, 5) is 0. The number of aliphatic hydroxyl groups excluding tert-OH is 1. The van der Waals surface area contributed by atoms with E-state index in [2.05, 4.69) is 0 Å². The molecule has 96 valence electrons. The second kappa shape index (κ2) is 7.14. The highest BCUT2D eigenvalue weighted by Crippen LogP contribution is 2.30. The van der Waals surface area contributed by atoms with Crippen molar-refractivity contribution in [1.82, 2.24) is 0 Å². The minimum Gasteiger partial charge on any atom is -0.497 e. The summed E-state index contributed by atoms with van der Waals surface area (Å²) in [5.41, 5.74) is 2.00. The van der Waals surface area contributed by atoms with Crippen LogP contribution >= 0.6 is 0 Å². The molecule has 1 N–H and O–H groups in total. The highest BCUT2D eigenvalue weighted by Gasteiger charge is 2.11. The smallest absolute Gasteiger partial charge is 0.127 e. The van der Waals surface area contributed by atoms with Gasteiger partial charge in [0, 0.05) is 19.3 Å². The molecule has 0 aliphatic rings. The Morgan fingerprint density at radius 3 is 2.29 bits per heavy atom. The average molecular weight is 240 g/mol. The number of aryl methyl sites for hydroxylation is 1. The highest BCUT2D eigenvalue weighted by molar-refractivity contribution is 5.47. The molecular weight excluding hydrogens is 220 g/mol. The molecule has 0 saturated carbocycles. The van der Waals surface area contributed by atoms with Crippen molar-refractivity contribution in [2.75, 3.05) is 27.9 Å². The van der Waals surface area contributed by atoms with Gasteiger partial charge in [0.05, 0.1) is 20.8 Å². The summed E-state index contributed by atoms with van der Waals surface area (Å²) in [5.74, 6) is 1.60. The summed E-state index contributed by atoms with van der Waals surface area (Å²) < 4.78 is 15.8. The predicted octanol–water partition coefficient (Wildman–Crippen LogP) is 1.78. The molecule has 0 saturated heterocycles. The fraction of sp³-hybridized carbons (Fsp3) is 0.538. The molecule has 1 aromatic carbocycles. The van der Waals surface area contributed by atoms with E-state index in [1.54, 1.807) is 21.3 Å². The second-order valence-electron chi connectivity index (χ2n) is 3.74. The Kier molecular flexibility index (Phi) is 5.80. The lowest BCUT2D eigenvalue weighted by atomic mass is 10.0. The van der Waals surface area contributed by atoms with Crippen molar-refractivity contribution >= 4 is 0 Å². The second-order valence-corrected chi connectivity index (χ2v) is 3.74. The third kappa shape index (κ3) is 3.61. The van der Waals surface area contributed by atoms with E-state index >= 15 is 0 Å². The molecule has 1 rings (SSSR count). The van der Waals surface area contributed by atoms with Crippen LogP contribution in [0.1, 0.15) is 17.5 Å². The van der Waals surface area contributed by atoms with Crippen LogP contribution in [-0.2, 0) is 17.8 Å². The summed E-state index contributed by atoms with van der Waals surface area (Å²) >= 11 is 0. The van der Waals surface area contributed by atoms with E-state index in [1.165, 1.54) is 0 Å². The van der Waals surface area contributed by atoms with Crippen LogP contribution in [0, 0.1) is 0 Å². The van der Waals surface area contributed by atoms with Gasteiger partial charge in [-0.2, -0.15) is 0 Å². The number of rotatable bonds is 7. The molecule has 0 radical (unpaired) electrons. The van der Waals surface area contributed by atoms with Gasteiger partial charge in [0.2, 0.25) is 0 Å². The number of ether oxygens (including phenoxy) is 3. The molecule has 0 aromatic heterocycles. The summed E-state index contributed by atoms with van der Waals surface area (Å²) in [6.45, 7) is 0.645. The van der Waals surface area contributed by atoms with Crippen LogP contribution in [0.25, 0.3) is 0 Å². The Labute approximate surface area is 102 Å². The summed E-state index contributed by atoms with van der Waals surface area (Å²) in [6, 6.07) is 3.85. The first kappa shape index (κ1) is 13.8. The van der Waals surface area contributed by atoms with Crippen LogP contribution < -0.4 is 9.47 Å². The topological polar surface area (TPSA) is 47.9 Å². The van der Waals surface area contributed by atoms with Gasteiger partial charge in [-0.1, -0.05) is 0 Å². The van der Waals surface area contributed by atoms with Crippen molar-refractivity contribution in [3.63, 3.8) is 0 Å². The lowest BCUT2D eigenvalue weighted by Gasteiger charge is -2.15. The van der Waals surface area contributed by atoms with Crippen molar-refractivity contribution in [3.05, 3.63) is 23.3 Å². The van der Waals surface area contributed by atoms with E-state index in [0.29, 0.717) is 13.0 Å². The maximum atomic E-state index is 8.89. The van der Waals surface area contributed by atoms with Crippen LogP contribution in [-0.4, -0.2) is 33.0 Å². The number of hydrogen-bond donors (Lipinski definition) is 1. The van der Waals surface area contributed by atoms with E-state index in [4.69, 9.17) is 19.3 Å². The number of aliphatic hydroxyl groups is 1. The van der Waals surface area contributed by atoms with Crippen LogP contribution in [0.3, 0.4) is 0 Å². The molecular formula is C13H20O4. The van der Waals surface area contributed by atoms with Gasteiger partial charge in [-0.05, 0) is 30.5 Å². The molecule has 4 heteroatoms. The molecule has 0 atom stereocenters. The molecule has 0 unspecified atom stereocenters. The Morgan fingerprint density at radius 2 is 1.76 bits per heavy atom. The van der Waals surface area contributed by atoms with Gasteiger partial charge < -0.3 is 19.3 Å². The number of methoxy groups -OCH3 is 3. The third-order valence-electron chi connectivity index (χ3n) is 2.56. The van der Waals surface area contributed by atoms with E-state index in [0.717, 1.165) is 29.0 Å². The van der Waals surface area contributed by atoms with E-state index in [-0.39, 0.29) is 6.61 Å². The number of hydrogen-bond acceptors (Lipinski definition) is 4. The fourth-order valence-electron chi connectivity index (χ4n) is 1.82. The van der Waals surface area contributed by atoms with Gasteiger partial charge in [0.25, 0.3) is 0 Å². The Hall–Kier alpha value is -1.26. The quantitative estimate of drug-likeness (QED) is 0.789. The predicted molar refractivity (Wildman–Crippen MR) is 65.7 cm³/mol. The third-order valence-corrected chi connectivity index (χ3v) is 2.56. The van der Waals surface area contributed by atoms with Gasteiger partial charge in [-0.25, -0.2) is 0 Å². The molecule has 0 amide bonds. The first-order valence-electron chi connectivity index (χ1n) is 5.60. The summed E-state index contributed by atoms with van der Waals surface area (Å²) in [5, 5.41) is 8.89. The van der Waals surface area contributed by atoms with Gasteiger partial charge in [0.15, 0.2) is 0 Å². The lowest BCUT2D eigenvalue weighted by Crippen LogP contribution is -2.01. The lowest BCUT2D eigenvalue weighted by molar-refractivity contribution is 0.181. The molecule has 0 fully saturated rings. The van der Waals surface area contributed by atoms with E-state index in [1.807, 2.05) is 12.1 Å². The van der Waals surface area contributed by atoms with E-state index in [9.17, 15) is 0 Å². The molecule has 17 heavy (non-hydrogen) atoms. The molecule has 0 heterocycles. The van der Waals surface area contributed by atoms with Crippen molar-refractivity contribution in [2.45, 2.75) is 19.4 Å². The minimum absolute atomic E-state index is 0.167. The van der Waals surface area contributed by atoms with Crippen molar-refractivity contribution in [1.29, 1.82) is 0 Å². The number of benzene rings is 1.